The fraction of sp³-hybridized carbons (Fsp3) is 0.571. The maximum absolute atomic E-state index is 11.2. The molecule has 1 aromatic heterocycles. The minimum atomic E-state index is -0.851. The van der Waals surface area contributed by atoms with E-state index in [1.54, 1.807) is 18.0 Å². The van der Waals surface area contributed by atoms with Crippen LogP contribution in [0.4, 0.5) is 5.82 Å². The van der Waals surface area contributed by atoms with Crippen molar-refractivity contribution in [1.82, 2.24) is 4.98 Å². The van der Waals surface area contributed by atoms with Gasteiger partial charge in [-0.2, -0.15) is 0 Å². The first-order valence-corrected chi connectivity index (χ1v) is 8.21. The second-order valence-corrected chi connectivity index (χ2v) is 6.90. The van der Waals surface area contributed by atoms with Gasteiger partial charge in [-0.3, -0.25) is 4.90 Å². The lowest BCUT2D eigenvalue weighted by molar-refractivity contribution is -0.000256. The standard InChI is InChI=1S/C14H18N2OS2/c17-14(11-6-2-1-3-7-11)10-19-13(18)16(14)12-8-4-5-9-15-12/h4-5,8-9,11,17H,1-3,6-7,10H2. The van der Waals surface area contributed by atoms with Gasteiger partial charge >= 0.3 is 0 Å². The SMILES string of the molecule is OC1(C2CCCCC2)CSC(=S)N1c1ccccn1. The van der Waals surface area contributed by atoms with Crippen LogP contribution in [0.3, 0.4) is 0 Å². The molecule has 1 aliphatic heterocycles. The predicted molar refractivity (Wildman–Crippen MR) is 83.3 cm³/mol. The van der Waals surface area contributed by atoms with Gasteiger partial charge in [0.05, 0.1) is 0 Å². The Bertz CT molecular complexity index is 462. The lowest BCUT2D eigenvalue weighted by atomic mass is 9.81. The molecular formula is C14H18N2OS2. The summed E-state index contributed by atoms with van der Waals surface area (Å²) >= 11 is 7.00. The number of thioether (sulfide) groups is 1. The predicted octanol–water partition coefficient (Wildman–Crippen LogP) is 3.19. The summed E-state index contributed by atoms with van der Waals surface area (Å²) in [4.78, 5) is 6.24. The maximum atomic E-state index is 11.2. The largest absolute Gasteiger partial charge is 0.369 e. The number of anilines is 1. The first-order chi connectivity index (χ1) is 9.22. The molecule has 2 aliphatic rings. The molecule has 1 unspecified atom stereocenters. The van der Waals surface area contributed by atoms with Gasteiger partial charge in [-0.05, 0) is 25.0 Å². The number of pyridine rings is 1. The fourth-order valence-electron chi connectivity index (χ4n) is 3.10. The van der Waals surface area contributed by atoms with Gasteiger partial charge in [0.25, 0.3) is 0 Å². The van der Waals surface area contributed by atoms with E-state index in [9.17, 15) is 5.11 Å². The Morgan fingerprint density at radius 2 is 2.11 bits per heavy atom. The van der Waals surface area contributed by atoms with E-state index >= 15 is 0 Å². The summed E-state index contributed by atoms with van der Waals surface area (Å²) in [5, 5.41) is 11.2. The van der Waals surface area contributed by atoms with Crippen LogP contribution in [-0.2, 0) is 0 Å². The monoisotopic (exact) mass is 294 g/mol. The normalized spacial score (nSPS) is 28.9. The van der Waals surface area contributed by atoms with E-state index in [-0.39, 0.29) is 0 Å². The van der Waals surface area contributed by atoms with Crippen LogP contribution < -0.4 is 4.90 Å². The molecule has 1 aliphatic carbocycles. The molecule has 1 atom stereocenters. The van der Waals surface area contributed by atoms with Crippen LogP contribution in [0.5, 0.6) is 0 Å². The highest BCUT2D eigenvalue weighted by atomic mass is 32.2. The van der Waals surface area contributed by atoms with E-state index in [4.69, 9.17) is 12.2 Å². The molecule has 0 bridgehead atoms. The van der Waals surface area contributed by atoms with Crippen molar-refractivity contribution in [2.45, 2.75) is 37.8 Å². The van der Waals surface area contributed by atoms with E-state index in [1.807, 2.05) is 23.1 Å². The lowest BCUT2D eigenvalue weighted by Gasteiger charge is -2.41. The number of hydrogen-bond acceptors (Lipinski definition) is 4. The maximum Gasteiger partial charge on any atom is 0.156 e. The third-order valence-electron chi connectivity index (χ3n) is 4.12. The second-order valence-electron chi connectivity index (χ2n) is 5.29. The van der Waals surface area contributed by atoms with Gasteiger partial charge in [-0.25, -0.2) is 4.98 Å². The van der Waals surface area contributed by atoms with Crippen LogP contribution in [0.15, 0.2) is 24.4 Å². The fourth-order valence-corrected chi connectivity index (χ4v) is 4.61. The van der Waals surface area contributed by atoms with Crippen molar-refractivity contribution >= 4 is 34.1 Å². The summed E-state index contributed by atoms with van der Waals surface area (Å²) in [5.74, 6) is 1.73. The molecule has 5 heteroatoms. The first kappa shape index (κ1) is 13.3. The third kappa shape index (κ3) is 2.39. The molecule has 3 nitrogen and oxygen atoms in total. The van der Waals surface area contributed by atoms with Crippen LogP contribution in [0.1, 0.15) is 32.1 Å². The molecule has 0 spiro atoms. The Kier molecular flexibility index (Phi) is 3.78. The van der Waals surface area contributed by atoms with E-state index in [0.29, 0.717) is 11.7 Å². The topological polar surface area (TPSA) is 36.4 Å². The second kappa shape index (κ2) is 5.38. The number of thiocarbonyl (C=S) groups is 1. The van der Waals surface area contributed by atoms with Crippen molar-refractivity contribution in [3.8, 4) is 0 Å². The summed E-state index contributed by atoms with van der Waals surface area (Å²) in [6.45, 7) is 0. The van der Waals surface area contributed by atoms with Gasteiger partial charge in [0.2, 0.25) is 0 Å². The van der Waals surface area contributed by atoms with Crippen LogP contribution in [-0.4, -0.2) is 25.9 Å². The molecule has 0 aromatic carbocycles. The molecule has 0 amide bonds. The van der Waals surface area contributed by atoms with Crippen LogP contribution in [0.25, 0.3) is 0 Å². The van der Waals surface area contributed by atoms with Crippen molar-refractivity contribution in [3.63, 3.8) is 0 Å². The molecule has 2 heterocycles. The van der Waals surface area contributed by atoms with Crippen molar-refractivity contribution in [2.75, 3.05) is 10.7 Å². The van der Waals surface area contributed by atoms with Gasteiger partial charge in [0.1, 0.15) is 10.1 Å². The number of nitrogens with zero attached hydrogens (tertiary/aromatic N) is 2. The summed E-state index contributed by atoms with van der Waals surface area (Å²) in [6.07, 6.45) is 7.63. The summed E-state index contributed by atoms with van der Waals surface area (Å²) in [5.41, 5.74) is -0.851. The minimum Gasteiger partial charge on any atom is -0.369 e. The molecule has 1 saturated heterocycles. The van der Waals surface area contributed by atoms with Crippen LogP contribution in [0, 0.1) is 5.92 Å². The summed E-state index contributed by atoms with van der Waals surface area (Å²) in [6, 6.07) is 5.75. The average Bonchev–Trinajstić information content (AvgIpc) is 2.78. The quantitative estimate of drug-likeness (QED) is 0.848. The Morgan fingerprint density at radius 1 is 1.32 bits per heavy atom. The number of aliphatic hydroxyl groups is 1. The molecule has 2 fully saturated rings. The summed E-state index contributed by atoms with van der Waals surface area (Å²) in [7, 11) is 0. The number of hydrogen-bond donors (Lipinski definition) is 1. The highest BCUT2D eigenvalue weighted by molar-refractivity contribution is 8.23. The highest BCUT2D eigenvalue weighted by Crippen LogP contribution is 2.44. The third-order valence-corrected chi connectivity index (χ3v) is 5.65. The average molecular weight is 294 g/mol. The van der Waals surface area contributed by atoms with Crippen molar-refractivity contribution in [1.29, 1.82) is 0 Å². The Balaban J connectivity index is 1.93. The molecule has 0 radical (unpaired) electrons. The van der Waals surface area contributed by atoms with Gasteiger partial charge in [-0.1, -0.05) is 49.3 Å². The van der Waals surface area contributed by atoms with Gasteiger partial charge in [0.15, 0.2) is 5.72 Å². The van der Waals surface area contributed by atoms with Crippen LogP contribution >= 0.6 is 24.0 Å². The highest BCUT2D eigenvalue weighted by Gasteiger charge is 2.49. The zero-order valence-electron chi connectivity index (χ0n) is 10.8. The van der Waals surface area contributed by atoms with Gasteiger partial charge in [-0.15, -0.1) is 0 Å². The Labute approximate surface area is 123 Å². The molecule has 1 saturated carbocycles. The number of rotatable bonds is 2. The zero-order chi connectivity index (χ0) is 13.3. The molecule has 1 N–H and O–H groups in total. The molecule has 19 heavy (non-hydrogen) atoms. The van der Waals surface area contributed by atoms with Gasteiger partial charge < -0.3 is 5.11 Å². The number of aromatic nitrogens is 1. The van der Waals surface area contributed by atoms with E-state index in [0.717, 1.165) is 23.0 Å². The van der Waals surface area contributed by atoms with Crippen molar-refractivity contribution in [2.24, 2.45) is 5.92 Å². The Morgan fingerprint density at radius 3 is 2.79 bits per heavy atom. The van der Waals surface area contributed by atoms with Crippen molar-refractivity contribution < 1.29 is 5.11 Å². The lowest BCUT2D eigenvalue weighted by Crippen LogP contribution is -2.54. The molecular weight excluding hydrogens is 276 g/mol. The van der Waals surface area contributed by atoms with Crippen molar-refractivity contribution in [3.05, 3.63) is 24.4 Å². The van der Waals surface area contributed by atoms with E-state index < -0.39 is 5.72 Å². The Hall–Kier alpha value is -0.650. The minimum absolute atomic E-state index is 0.302. The van der Waals surface area contributed by atoms with Gasteiger partial charge in [0, 0.05) is 17.9 Å². The van der Waals surface area contributed by atoms with E-state index in [1.165, 1.54) is 19.3 Å². The van der Waals surface area contributed by atoms with E-state index in [2.05, 4.69) is 4.98 Å². The first-order valence-electron chi connectivity index (χ1n) is 6.82. The van der Waals surface area contributed by atoms with Crippen LogP contribution in [0.2, 0.25) is 0 Å². The molecule has 1 aromatic rings. The smallest absolute Gasteiger partial charge is 0.156 e. The molecule has 3 rings (SSSR count). The zero-order valence-corrected chi connectivity index (χ0v) is 12.4. The molecule has 102 valence electrons. The summed E-state index contributed by atoms with van der Waals surface area (Å²) < 4.78 is 0.742.